The molecular weight excluding hydrogens is 336 g/mol. The Morgan fingerprint density at radius 2 is 1.80 bits per heavy atom. The maximum atomic E-state index is 5.93. The van der Waals surface area contributed by atoms with Crippen molar-refractivity contribution < 1.29 is 4.74 Å². The Labute approximate surface area is 156 Å². The van der Waals surface area contributed by atoms with E-state index in [4.69, 9.17) is 16.3 Å². The quantitative estimate of drug-likeness (QED) is 0.621. The van der Waals surface area contributed by atoms with Crippen LogP contribution in [0.4, 0.5) is 0 Å². The smallest absolute Gasteiger partial charge is 0.191 e. The Morgan fingerprint density at radius 1 is 1.20 bits per heavy atom. The number of benzene rings is 1. The van der Waals surface area contributed by atoms with Crippen LogP contribution in [0.5, 0.6) is 0 Å². The van der Waals surface area contributed by atoms with Crippen LogP contribution in [0, 0.1) is 0 Å². The number of rotatable bonds is 5. The van der Waals surface area contributed by atoms with E-state index < -0.39 is 0 Å². The highest BCUT2D eigenvalue weighted by Crippen LogP contribution is 2.20. The summed E-state index contributed by atoms with van der Waals surface area (Å²) in [6.45, 7) is 12.2. The number of hydrogen-bond acceptors (Lipinski definition) is 3. The van der Waals surface area contributed by atoms with Crippen LogP contribution in [0.2, 0.25) is 5.02 Å². The van der Waals surface area contributed by atoms with Gasteiger partial charge >= 0.3 is 0 Å². The van der Waals surface area contributed by atoms with Gasteiger partial charge in [-0.15, -0.1) is 0 Å². The molecule has 1 aromatic carbocycles. The second-order valence-corrected chi connectivity index (χ2v) is 7.82. The van der Waals surface area contributed by atoms with Crippen molar-refractivity contribution in [2.24, 2.45) is 4.99 Å². The zero-order chi connectivity index (χ0) is 18.4. The molecule has 0 amide bonds. The highest BCUT2D eigenvalue weighted by molar-refractivity contribution is 6.30. The van der Waals surface area contributed by atoms with Gasteiger partial charge in [0.1, 0.15) is 0 Å². The average molecular weight is 367 g/mol. The molecule has 1 saturated heterocycles. The van der Waals surface area contributed by atoms with Gasteiger partial charge in [-0.2, -0.15) is 0 Å². The highest BCUT2D eigenvalue weighted by Gasteiger charge is 2.33. The first-order valence-electron chi connectivity index (χ1n) is 8.89. The van der Waals surface area contributed by atoms with Gasteiger partial charge in [0.25, 0.3) is 0 Å². The minimum atomic E-state index is 0.0180. The van der Waals surface area contributed by atoms with Crippen molar-refractivity contribution in [1.29, 1.82) is 0 Å². The van der Waals surface area contributed by atoms with Crippen molar-refractivity contribution in [3.05, 3.63) is 34.9 Å². The minimum absolute atomic E-state index is 0.0180. The van der Waals surface area contributed by atoms with Gasteiger partial charge in [0, 0.05) is 43.8 Å². The average Bonchev–Trinajstić information content (AvgIpc) is 2.55. The fraction of sp³-hybridized carbons (Fsp3) is 0.632. The molecule has 6 heteroatoms. The number of hydrogen-bond donors (Lipinski definition) is 2. The maximum absolute atomic E-state index is 5.93. The molecule has 0 bridgehead atoms. The normalized spacial score (nSPS) is 22.7. The standard InChI is InChI=1S/C19H31ClN4O/c1-14-11-24(12-15(2)25-14)19(3,4)13-23-18(21-5)22-10-16-6-8-17(20)9-7-16/h6-9,14-15H,10-13H2,1-5H3,(H2,21,22,23). The lowest BCUT2D eigenvalue weighted by Crippen LogP contribution is -2.59. The molecule has 5 nitrogen and oxygen atoms in total. The molecule has 0 aliphatic carbocycles. The molecule has 2 atom stereocenters. The zero-order valence-corrected chi connectivity index (χ0v) is 16.7. The maximum Gasteiger partial charge on any atom is 0.191 e. The third kappa shape index (κ3) is 6.17. The fourth-order valence-electron chi connectivity index (χ4n) is 3.09. The van der Waals surface area contributed by atoms with Crippen LogP contribution in [-0.2, 0) is 11.3 Å². The third-order valence-electron chi connectivity index (χ3n) is 4.56. The SMILES string of the molecule is CN=C(NCc1ccc(Cl)cc1)NCC(C)(C)N1CC(C)OC(C)C1. The summed E-state index contributed by atoms with van der Waals surface area (Å²) in [5.41, 5.74) is 1.19. The Hall–Kier alpha value is -1.30. The second-order valence-electron chi connectivity index (χ2n) is 7.38. The molecule has 1 heterocycles. The summed E-state index contributed by atoms with van der Waals surface area (Å²) >= 11 is 5.93. The number of morpholine rings is 1. The summed E-state index contributed by atoms with van der Waals surface area (Å²) < 4.78 is 5.85. The third-order valence-corrected chi connectivity index (χ3v) is 4.81. The lowest BCUT2D eigenvalue weighted by molar-refractivity contribution is -0.0946. The van der Waals surface area contributed by atoms with E-state index in [1.54, 1.807) is 7.05 Å². The van der Waals surface area contributed by atoms with E-state index >= 15 is 0 Å². The topological polar surface area (TPSA) is 48.9 Å². The number of aliphatic imine (C=N–C) groups is 1. The molecule has 0 saturated carbocycles. The largest absolute Gasteiger partial charge is 0.373 e. The van der Waals surface area contributed by atoms with E-state index in [9.17, 15) is 0 Å². The Morgan fingerprint density at radius 3 is 2.36 bits per heavy atom. The minimum Gasteiger partial charge on any atom is -0.373 e. The number of halogens is 1. The van der Waals surface area contributed by atoms with Crippen molar-refractivity contribution in [2.75, 3.05) is 26.7 Å². The lowest BCUT2D eigenvalue weighted by Gasteiger charge is -2.45. The summed E-state index contributed by atoms with van der Waals surface area (Å²) in [6, 6.07) is 7.84. The summed E-state index contributed by atoms with van der Waals surface area (Å²) in [5.74, 6) is 0.803. The van der Waals surface area contributed by atoms with Gasteiger partial charge in [-0.3, -0.25) is 9.89 Å². The number of guanidine groups is 1. The predicted molar refractivity (Wildman–Crippen MR) is 105 cm³/mol. The summed E-state index contributed by atoms with van der Waals surface area (Å²) in [5, 5.41) is 7.55. The zero-order valence-electron chi connectivity index (χ0n) is 16.0. The molecule has 25 heavy (non-hydrogen) atoms. The first kappa shape index (κ1) is 20.0. The van der Waals surface area contributed by atoms with Crippen LogP contribution in [0.1, 0.15) is 33.3 Å². The fourth-order valence-corrected chi connectivity index (χ4v) is 3.22. The van der Waals surface area contributed by atoms with E-state index in [2.05, 4.69) is 48.2 Å². The summed E-state index contributed by atoms with van der Waals surface area (Å²) in [7, 11) is 1.79. The van der Waals surface area contributed by atoms with Gasteiger partial charge < -0.3 is 15.4 Å². The molecule has 1 fully saturated rings. The van der Waals surface area contributed by atoms with Crippen molar-refractivity contribution in [1.82, 2.24) is 15.5 Å². The van der Waals surface area contributed by atoms with Gasteiger partial charge in [-0.25, -0.2) is 0 Å². The molecule has 0 radical (unpaired) electrons. The first-order chi connectivity index (χ1) is 11.8. The number of nitrogens with zero attached hydrogens (tertiary/aromatic N) is 2. The highest BCUT2D eigenvalue weighted by atomic mass is 35.5. The van der Waals surface area contributed by atoms with Crippen LogP contribution in [0.25, 0.3) is 0 Å². The molecule has 1 aliphatic heterocycles. The first-order valence-corrected chi connectivity index (χ1v) is 9.27. The summed E-state index contributed by atoms with van der Waals surface area (Å²) in [6.07, 6.45) is 0.538. The second kappa shape index (κ2) is 8.88. The van der Waals surface area contributed by atoms with Crippen molar-refractivity contribution >= 4 is 17.6 Å². The van der Waals surface area contributed by atoms with Crippen molar-refractivity contribution in [3.8, 4) is 0 Å². The summed E-state index contributed by atoms with van der Waals surface area (Å²) in [4.78, 5) is 6.82. The van der Waals surface area contributed by atoms with Crippen LogP contribution >= 0.6 is 11.6 Å². The van der Waals surface area contributed by atoms with Crippen molar-refractivity contribution in [3.63, 3.8) is 0 Å². The molecule has 1 aliphatic rings. The molecule has 140 valence electrons. The van der Waals surface area contributed by atoms with E-state index in [1.165, 1.54) is 5.56 Å². The molecule has 2 N–H and O–H groups in total. The molecule has 0 aromatic heterocycles. The Balaban J connectivity index is 1.85. The van der Waals surface area contributed by atoms with Gasteiger partial charge in [-0.05, 0) is 45.4 Å². The van der Waals surface area contributed by atoms with E-state index in [-0.39, 0.29) is 17.7 Å². The molecule has 0 spiro atoms. The van der Waals surface area contributed by atoms with Crippen LogP contribution in [0.3, 0.4) is 0 Å². The van der Waals surface area contributed by atoms with E-state index in [1.807, 2.05) is 24.3 Å². The number of nitrogens with one attached hydrogen (secondary N) is 2. The van der Waals surface area contributed by atoms with E-state index in [0.717, 1.165) is 30.6 Å². The molecule has 2 rings (SSSR count). The predicted octanol–water partition coefficient (Wildman–Crippen LogP) is 2.89. The van der Waals surface area contributed by atoms with Crippen LogP contribution < -0.4 is 10.6 Å². The molecule has 1 aromatic rings. The monoisotopic (exact) mass is 366 g/mol. The van der Waals surface area contributed by atoms with Crippen molar-refractivity contribution in [2.45, 2.75) is 52.0 Å². The van der Waals surface area contributed by atoms with Gasteiger partial charge in [0.15, 0.2) is 5.96 Å². The Kier molecular flexibility index (Phi) is 7.11. The van der Waals surface area contributed by atoms with Crippen LogP contribution in [0.15, 0.2) is 29.3 Å². The number of ether oxygens (including phenoxy) is 1. The lowest BCUT2D eigenvalue weighted by atomic mass is 10.00. The molecule has 2 unspecified atom stereocenters. The van der Waals surface area contributed by atoms with Crippen LogP contribution in [-0.4, -0.2) is 55.3 Å². The van der Waals surface area contributed by atoms with Gasteiger partial charge in [-0.1, -0.05) is 23.7 Å². The van der Waals surface area contributed by atoms with E-state index in [0.29, 0.717) is 6.54 Å². The van der Waals surface area contributed by atoms with Gasteiger partial charge in [0.05, 0.1) is 12.2 Å². The molecular formula is C19H31ClN4O. The Bertz CT molecular complexity index is 563. The van der Waals surface area contributed by atoms with Gasteiger partial charge in [0.2, 0.25) is 0 Å².